The summed E-state index contributed by atoms with van der Waals surface area (Å²) in [5, 5.41) is 11.6. The van der Waals surface area contributed by atoms with E-state index in [4.69, 9.17) is 5.11 Å². The van der Waals surface area contributed by atoms with Gasteiger partial charge in [-0.05, 0) is 13.1 Å². The molecule has 1 heterocycles. The summed E-state index contributed by atoms with van der Waals surface area (Å²) in [7, 11) is 1.78. The number of aliphatic imine (C=N–C) groups is 1. The van der Waals surface area contributed by atoms with Crippen molar-refractivity contribution in [2.75, 3.05) is 13.6 Å². The Kier molecular flexibility index (Phi) is 3.64. The second kappa shape index (κ2) is 4.77. The molecule has 0 bridgehead atoms. The van der Waals surface area contributed by atoms with Crippen molar-refractivity contribution in [1.29, 1.82) is 0 Å². The highest BCUT2D eigenvalue weighted by Crippen LogP contribution is 2.12. The van der Waals surface area contributed by atoms with Gasteiger partial charge in [-0.15, -0.1) is 0 Å². The second-order valence-corrected chi connectivity index (χ2v) is 3.06. The van der Waals surface area contributed by atoms with Crippen molar-refractivity contribution in [3.05, 3.63) is 12.2 Å². The van der Waals surface area contributed by atoms with E-state index in [9.17, 15) is 4.79 Å². The van der Waals surface area contributed by atoms with Crippen molar-refractivity contribution in [3.8, 4) is 0 Å². The molecule has 72 valence electrons. The van der Waals surface area contributed by atoms with E-state index in [0.717, 1.165) is 0 Å². The first kappa shape index (κ1) is 9.92. The molecule has 2 atom stereocenters. The molecule has 0 aromatic rings. The predicted octanol–water partition coefficient (Wildman–Crippen LogP) is 0.306. The summed E-state index contributed by atoms with van der Waals surface area (Å²) in [4.78, 5) is 14.6. The normalized spacial score (nSPS) is 23.0. The predicted molar refractivity (Wildman–Crippen MR) is 51.1 cm³/mol. The van der Waals surface area contributed by atoms with E-state index in [1.807, 2.05) is 12.2 Å². The Morgan fingerprint density at radius 3 is 3.08 bits per heavy atom. The van der Waals surface area contributed by atoms with E-state index in [0.29, 0.717) is 6.54 Å². The van der Waals surface area contributed by atoms with Crippen molar-refractivity contribution < 1.29 is 9.90 Å². The zero-order chi connectivity index (χ0) is 9.68. The summed E-state index contributed by atoms with van der Waals surface area (Å²) >= 11 is 0. The average molecular weight is 182 g/mol. The molecule has 4 heteroatoms. The van der Waals surface area contributed by atoms with Crippen molar-refractivity contribution in [2.24, 2.45) is 10.9 Å². The molecule has 2 unspecified atom stereocenters. The number of carboxylic acid groups (broad SMARTS) is 1. The zero-order valence-electron chi connectivity index (χ0n) is 7.60. The highest BCUT2D eigenvalue weighted by molar-refractivity contribution is 5.72. The Balaban J connectivity index is 2.50. The Hall–Kier alpha value is -1.16. The standard InChI is InChI=1S/C9H14N2O2/c1-10-8(5-9(12)13)7-3-2-4-11-6-7/h2-4,7-8,10H,5-6H2,1H3,(H,12,13). The third kappa shape index (κ3) is 2.99. The number of carbonyl (C=O) groups is 1. The van der Waals surface area contributed by atoms with Gasteiger partial charge in [0.1, 0.15) is 0 Å². The third-order valence-corrected chi connectivity index (χ3v) is 2.15. The first-order chi connectivity index (χ1) is 6.24. The number of dihydropyridines is 1. The molecule has 0 spiro atoms. The Morgan fingerprint density at radius 2 is 2.62 bits per heavy atom. The fourth-order valence-electron chi connectivity index (χ4n) is 1.41. The van der Waals surface area contributed by atoms with Crippen LogP contribution < -0.4 is 5.32 Å². The maximum Gasteiger partial charge on any atom is 0.304 e. The minimum Gasteiger partial charge on any atom is -0.481 e. The Morgan fingerprint density at radius 1 is 1.85 bits per heavy atom. The van der Waals surface area contributed by atoms with Crippen molar-refractivity contribution in [1.82, 2.24) is 5.32 Å². The molecular weight excluding hydrogens is 168 g/mol. The van der Waals surface area contributed by atoms with Crippen LogP contribution in [0.3, 0.4) is 0 Å². The van der Waals surface area contributed by atoms with Gasteiger partial charge in [0, 0.05) is 24.7 Å². The Labute approximate surface area is 77.4 Å². The summed E-state index contributed by atoms with van der Waals surface area (Å²) in [6.45, 7) is 0.676. The molecule has 0 aromatic heterocycles. The lowest BCUT2D eigenvalue weighted by Crippen LogP contribution is -2.36. The quantitative estimate of drug-likeness (QED) is 0.657. The molecule has 2 N–H and O–H groups in total. The van der Waals surface area contributed by atoms with Gasteiger partial charge in [-0.25, -0.2) is 0 Å². The molecule has 0 fully saturated rings. The molecule has 4 nitrogen and oxygen atoms in total. The molecule has 13 heavy (non-hydrogen) atoms. The van der Waals surface area contributed by atoms with Crippen LogP contribution in [0.1, 0.15) is 6.42 Å². The van der Waals surface area contributed by atoms with E-state index >= 15 is 0 Å². The summed E-state index contributed by atoms with van der Waals surface area (Å²) in [5.74, 6) is -0.576. The van der Waals surface area contributed by atoms with Crippen LogP contribution in [0.4, 0.5) is 0 Å². The highest BCUT2D eigenvalue weighted by Gasteiger charge is 2.20. The van der Waals surface area contributed by atoms with Crippen molar-refractivity contribution in [3.63, 3.8) is 0 Å². The van der Waals surface area contributed by atoms with Crippen LogP contribution in [0.2, 0.25) is 0 Å². The molecule has 1 aliphatic heterocycles. The molecule has 0 saturated carbocycles. The van der Waals surface area contributed by atoms with Crippen molar-refractivity contribution >= 4 is 12.2 Å². The monoisotopic (exact) mass is 182 g/mol. The van der Waals surface area contributed by atoms with E-state index in [1.54, 1.807) is 13.3 Å². The zero-order valence-corrected chi connectivity index (χ0v) is 7.60. The molecule has 1 aliphatic rings. The van der Waals surface area contributed by atoms with Gasteiger partial charge in [0.25, 0.3) is 0 Å². The van der Waals surface area contributed by atoms with Gasteiger partial charge in [-0.2, -0.15) is 0 Å². The maximum absolute atomic E-state index is 10.5. The number of hydrogen-bond acceptors (Lipinski definition) is 3. The van der Waals surface area contributed by atoms with Gasteiger partial charge in [0.2, 0.25) is 0 Å². The van der Waals surface area contributed by atoms with Gasteiger partial charge >= 0.3 is 5.97 Å². The second-order valence-electron chi connectivity index (χ2n) is 3.06. The maximum atomic E-state index is 10.5. The molecule has 1 rings (SSSR count). The summed E-state index contributed by atoms with van der Waals surface area (Å²) in [6.07, 6.45) is 5.74. The van der Waals surface area contributed by atoms with Gasteiger partial charge in [0.15, 0.2) is 0 Å². The lowest BCUT2D eigenvalue weighted by molar-refractivity contribution is -0.137. The number of allylic oxidation sites excluding steroid dienone is 1. The van der Waals surface area contributed by atoms with E-state index in [2.05, 4.69) is 10.3 Å². The van der Waals surface area contributed by atoms with Crippen LogP contribution in [0.5, 0.6) is 0 Å². The number of hydrogen-bond donors (Lipinski definition) is 2. The lowest BCUT2D eigenvalue weighted by atomic mass is 9.95. The van der Waals surface area contributed by atoms with E-state index < -0.39 is 5.97 Å². The molecular formula is C9H14N2O2. The van der Waals surface area contributed by atoms with E-state index in [1.165, 1.54) is 0 Å². The highest BCUT2D eigenvalue weighted by atomic mass is 16.4. The molecule has 0 saturated heterocycles. The number of carboxylic acids is 1. The van der Waals surface area contributed by atoms with Crippen molar-refractivity contribution in [2.45, 2.75) is 12.5 Å². The fourth-order valence-corrected chi connectivity index (χ4v) is 1.41. The fraction of sp³-hybridized carbons (Fsp3) is 0.556. The van der Waals surface area contributed by atoms with Crippen LogP contribution in [0.15, 0.2) is 17.1 Å². The van der Waals surface area contributed by atoms with Gasteiger partial charge in [0.05, 0.1) is 6.42 Å². The van der Waals surface area contributed by atoms with Crippen LogP contribution in [0.25, 0.3) is 0 Å². The molecule has 0 aromatic carbocycles. The lowest BCUT2D eigenvalue weighted by Gasteiger charge is -2.22. The average Bonchev–Trinajstić information content (AvgIpc) is 2.15. The number of nitrogens with one attached hydrogen (secondary N) is 1. The number of nitrogens with zero attached hydrogens (tertiary/aromatic N) is 1. The first-order valence-corrected chi connectivity index (χ1v) is 4.29. The van der Waals surface area contributed by atoms with Crippen LogP contribution in [-0.2, 0) is 4.79 Å². The summed E-state index contributed by atoms with van der Waals surface area (Å²) in [5.41, 5.74) is 0. The van der Waals surface area contributed by atoms with Gasteiger partial charge in [-0.3, -0.25) is 9.79 Å². The molecule has 0 amide bonds. The smallest absolute Gasteiger partial charge is 0.304 e. The number of aliphatic carboxylic acids is 1. The minimum absolute atomic E-state index is 0.0220. The summed E-state index contributed by atoms with van der Waals surface area (Å²) in [6, 6.07) is -0.0220. The Bertz CT molecular complexity index is 236. The van der Waals surface area contributed by atoms with Gasteiger partial charge in [-0.1, -0.05) is 6.08 Å². The third-order valence-electron chi connectivity index (χ3n) is 2.15. The minimum atomic E-state index is -0.776. The summed E-state index contributed by atoms with van der Waals surface area (Å²) < 4.78 is 0. The molecule has 0 radical (unpaired) electrons. The molecule has 0 aliphatic carbocycles. The van der Waals surface area contributed by atoms with E-state index in [-0.39, 0.29) is 18.4 Å². The van der Waals surface area contributed by atoms with Crippen LogP contribution in [-0.4, -0.2) is 36.9 Å². The van der Waals surface area contributed by atoms with Crippen LogP contribution in [0, 0.1) is 5.92 Å². The number of rotatable bonds is 4. The topological polar surface area (TPSA) is 61.7 Å². The SMILES string of the molecule is CNC(CC(=O)O)C1C=CC=NC1. The first-order valence-electron chi connectivity index (χ1n) is 4.29. The van der Waals surface area contributed by atoms with Gasteiger partial charge < -0.3 is 10.4 Å². The largest absolute Gasteiger partial charge is 0.481 e. The van der Waals surface area contributed by atoms with Crippen LogP contribution >= 0.6 is 0 Å².